The second-order valence-corrected chi connectivity index (χ2v) is 3.45. The highest BCUT2D eigenvalue weighted by Gasteiger charge is 2.28. The lowest BCUT2D eigenvalue weighted by Gasteiger charge is -2.38. The Balaban J connectivity index is 2.07. The summed E-state index contributed by atoms with van der Waals surface area (Å²) in [5.74, 6) is 0.798. The predicted octanol–water partition coefficient (Wildman–Crippen LogP) is 1.54. The molecule has 1 saturated heterocycles. The summed E-state index contributed by atoms with van der Waals surface area (Å²) in [6, 6.07) is 0. The maximum absolute atomic E-state index is 12.1. The van der Waals surface area contributed by atoms with Gasteiger partial charge < -0.3 is 4.90 Å². The van der Waals surface area contributed by atoms with Crippen LogP contribution >= 0.6 is 11.6 Å². The van der Waals surface area contributed by atoms with Crippen LogP contribution < -0.4 is 4.90 Å². The molecule has 0 spiro atoms. The van der Waals surface area contributed by atoms with E-state index in [1.807, 2.05) is 4.90 Å². The van der Waals surface area contributed by atoms with Gasteiger partial charge in [-0.2, -0.15) is 0 Å². The number of hydrogen-bond acceptors (Lipinski definition) is 3. The van der Waals surface area contributed by atoms with Gasteiger partial charge in [-0.1, -0.05) is 11.6 Å². The van der Waals surface area contributed by atoms with Crippen LogP contribution in [0.5, 0.6) is 0 Å². The molecule has 1 fully saturated rings. The third-order valence-corrected chi connectivity index (χ3v) is 2.38. The average Bonchev–Trinajstić information content (AvgIpc) is 2.06. The lowest BCUT2D eigenvalue weighted by molar-refractivity contribution is 0.304. The third-order valence-electron chi connectivity index (χ3n) is 2.11. The van der Waals surface area contributed by atoms with Crippen molar-refractivity contribution in [3.05, 3.63) is 17.5 Å². The Kier molecular flexibility index (Phi) is 2.31. The summed E-state index contributed by atoms with van der Waals surface area (Å²) < 4.78 is 12.1. The summed E-state index contributed by atoms with van der Waals surface area (Å²) in [6.07, 6.45) is 3.13. The van der Waals surface area contributed by atoms with E-state index in [2.05, 4.69) is 9.97 Å². The van der Waals surface area contributed by atoms with Crippen molar-refractivity contribution in [3.63, 3.8) is 0 Å². The van der Waals surface area contributed by atoms with Gasteiger partial charge in [0.1, 0.15) is 0 Å². The molecule has 0 unspecified atom stereocenters. The Morgan fingerprint density at radius 2 is 2.15 bits per heavy atom. The fourth-order valence-corrected chi connectivity index (χ4v) is 1.59. The van der Waals surface area contributed by atoms with E-state index in [-0.39, 0.29) is 12.6 Å². The average molecular weight is 202 g/mol. The first-order valence-electron chi connectivity index (χ1n) is 4.08. The normalized spacial score (nSPS) is 17.2. The second-order valence-electron chi connectivity index (χ2n) is 3.10. The molecular formula is C8H9ClFN3. The number of alkyl halides is 1. The second kappa shape index (κ2) is 3.46. The van der Waals surface area contributed by atoms with Crippen molar-refractivity contribution in [1.29, 1.82) is 0 Å². The Hall–Kier alpha value is -0.900. The number of aromatic nitrogens is 2. The topological polar surface area (TPSA) is 29.0 Å². The minimum absolute atomic E-state index is 0.137. The lowest BCUT2D eigenvalue weighted by atomic mass is 10.0. The molecule has 70 valence electrons. The Morgan fingerprint density at radius 3 is 2.77 bits per heavy atom. The van der Waals surface area contributed by atoms with Crippen molar-refractivity contribution < 1.29 is 4.39 Å². The third kappa shape index (κ3) is 1.58. The zero-order chi connectivity index (χ0) is 9.26. The van der Waals surface area contributed by atoms with Crippen LogP contribution in [0.4, 0.5) is 10.2 Å². The van der Waals surface area contributed by atoms with E-state index >= 15 is 0 Å². The first-order valence-corrected chi connectivity index (χ1v) is 4.46. The van der Waals surface area contributed by atoms with Crippen molar-refractivity contribution in [2.45, 2.75) is 0 Å². The van der Waals surface area contributed by atoms with E-state index in [1.54, 1.807) is 6.20 Å². The maximum Gasteiger partial charge on any atom is 0.171 e. The molecule has 0 radical (unpaired) electrons. The lowest BCUT2D eigenvalue weighted by Crippen LogP contribution is -2.48. The van der Waals surface area contributed by atoms with Crippen LogP contribution in [0.25, 0.3) is 0 Å². The molecule has 1 aliphatic rings. The predicted molar refractivity (Wildman–Crippen MR) is 48.7 cm³/mol. The molecule has 0 aliphatic carbocycles. The quantitative estimate of drug-likeness (QED) is 0.727. The molecule has 13 heavy (non-hydrogen) atoms. The molecule has 0 bridgehead atoms. The molecule has 0 N–H and O–H groups in total. The standard InChI is InChI=1S/C8H9ClFN3/c9-7-8(12-2-1-11-7)13-4-6(3-10)5-13/h1-2,6H,3-5H2. The molecule has 1 aromatic heterocycles. The van der Waals surface area contributed by atoms with Gasteiger partial charge in [0.15, 0.2) is 11.0 Å². The van der Waals surface area contributed by atoms with Gasteiger partial charge in [-0.3, -0.25) is 4.39 Å². The first-order chi connectivity index (χ1) is 6.31. The smallest absolute Gasteiger partial charge is 0.171 e. The molecule has 0 atom stereocenters. The summed E-state index contributed by atoms with van der Waals surface area (Å²) in [5, 5.41) is 0.389. The molecule has 1 aromatic rings. The van der Waals surface area contributed by atoms with Crippen LogP contribution in [0, 0.1) is 5.92 Å². The molecule has 0 saturated carbocycles. The SMILES string of the molecule is FCC1CN(c2nccnc2Cl)C1. The summed E-state index contributed by atoms with van der Waals surface area (Å²) in [7, 11) is 0. The Bertz CT molecular complexity index is 301. The van der Waals surface area contributed by atoms with E-state index in [4.69, 9.17) is 11.6 Å². The molecule has 3 nitrogen and oxygen atoms in total. The van der Waals surface area contributed by atoms with Crippen LogP contribution in [0.2, 0.25) is 5.15 Å². The highest BCUT2D eigenvalue weighted by molar-refractivity contribution is 6.31. The van der Waals surface area contributed by atoms with Crippen LogP contribution in [0.1, 0.15) is 0 Å². The van der Waals surface area contributed by atoms with Crippen LogP contribution in [0.3, 0.4) is 0 Å². The van der Waals surface area contributed by atoms with Crippen molar-refractivity contribution in [3.8, 4) is 0 Å². The number of anilines is 1. The monoisotopic (exact) mass is 201 g/mol. The fourth-order valence-electron chi connectivity index (χ4n) is 1.37. The zero-order valence-corrected chi connectivity index (χ0v) is 7.71. The number of halogens is 2. The van der Waals surface area contributed by atoms with Crippen LogP contribution in [0.15, 0.2) is 12.4 Å². The molecule has 5 heteroatoms. The number of hydrogen-bond donors (Lipinski definition) is 0. The minimum atomic E-state index is -0.269. The number of rotatable bonds is 2. The van der Waals surface area contributed by atoms with Gasteiger partial charge in [-0.15, -0.1) is 0 Å². The molecular weight excluding hydrogens is 193 g/mol. The Morgan fingerprint density at radius 1 is 1.46 bits per heavy atom. The summed E-state index contributed by atoms with van der Waals surface area (Å²) in [6.45, 7) is 1.11. The van der Waals surface area contributed by atoms with Gasteiger partial charge in [-0.05, 0) is 0 Å². The van der Waals surface area contributed by atoms with Gasteiger partial charge in [-0.25, -0.2) is 9.97 Å². The van der Waals surface area contributed by atoms with Gasteiger partial charge in [0, 0.05) is 31.4 Å². The van der Waals surface area contributed by atoms with E-state index in [0.717, 1.165) is 0 Å². The summed E-state index contributed by atoms with van der Waals surface area (Å²) >= 11 is 5.81. The molecule has 0 aromatic carbocycles. The van der Waals surface area contributed by atoms with E-state index < -0.39 is 0 Å². The maximum atomic E-state index is 12.1. The van der Waals surface area contributed by atoms with Crippen molar-refractivity contribution in [2.24, 2.45) is 5.92 Å². The van der Waals surface area contributed by atoms with E-state index in [1.165, 1.54) is 6.20 Å². The van der Waals surface area contributed by atoms with Gasteiger partial charge >= 0.3 is 0 Å². The highest BCUT2D eigenvalue weighted by Crippen LogP contribution is 2.27. The summed E-state index contributed by atoms with van der Waals surface area (Å²) in [4.78, 5) is 9.91. The van der Waals surface area contributed by atoms with Gasteiger partial charge in [0.25, 0.3) is 0 Å². The largest absolute Gasteiger partial charge is 0.353 e. The highest BCUT2D eigenvalue weighted by atomic mass is 35.5. The van der Waals surface area contributed by atoms with Gasteiger partial charge in [0.05, 0.1) is 6.67 Å². The molecule has 0 amide bonds. The summed E-state index contributed by atoms with van der Waals surface area (Å²) in [5.41, 5.74) is 0. The van der Waals surface area contributed by atoms with Crippen LogP contribution in [-0.2, 0) is 0 Å². The fraction of sp³-hybridized carbons (Fsp3) is 0.500. The zero-order valence-electron chi connectivity index (χ0n) is 6.95. The van der Waals surface area contributed by atoms with Crippen molar-refractivity contribution >= 4 is 17.4 Å². The van der Waals surface area contributed by atoms with Crippen molar-refractivity contribution in [2.75, 3.05) is 24.7 Å². The molecule has 2 rings (SSSR count). The molecule has 2 heterocycles. The first kappa shape index (κ1) is 8.69. The Labute approximate surface area is 80.6 Å². The molecule has 1 aliphatic heterocycles. The van der Waals surface area contributed by atoms with Crippen molar-refractivity contribution in [1.82, 2.24) is 9.97 Å². The number of nitrogens with zero attached hydrogens (tertiary/aromatic N) is 3. The van der Waals surface area contributed by atoms with Crippen LogP contribution in [-0.4, -0.2) is 29.7 Å². The van der Waals surface area contributed by atoms with E-state index in [0.29, 0.717) is 24.1 Å². The van der Waals surface area contributed by atoms with Gasteiger partial charge in [0.2, 0.25) is 0 Å². The minimum Gasteiger partial charge on any atom is -0.353 e. The van der Waals surface area contributed by atoms with E-state index in [9.17, 15) is 4.39 Å².